The molecule has 21 heavy (non-hydrogen) atoms. The van der Waals surface area contributed by atoms with E-state index in [0.29, 0.717) is 35.2 Å². The lowest BCUT2D eigenvalue weighted by molar-refractivity contribution is -0.120. The van der Waals surface area contributed by atoms with Gasteiger partial charge in [-0.3, -0.25) is 9.69 Å². The molecule has 1 aromatic rings. The third-order valence-electron chi connectivity index (χ3n) is 3.49. The number of nitrogens with zero attached hydrogens (tertiary/aromatic N) is 2. The standard InChI is InChI=1S/C13H16Cl2N4O2/c14-8-2-1-3-9(15)12(8)10-6-19(13(17)21)5-4-18(10)7-11(16)20/h1-3,10H,4-7H2,(H2,16,20)(H2,17,21). The van der Waals surface area contributed by atoms with Crippen LogP contribution in [0.5, 0.6) is 0 Å². The third-order valence-corrected chi connectivity index (χ3v) is 4.15. The van der Waals surface area contributed by atoms with Crippen LogP contribution in [0.25, 0.3) is 0 Å². The normalized spacial score (nSPS) is 19.5. The minimum absolute atomic E-state index is 0.0683. The molecular weight excluding hydrogens is 315 g/mol. The first-order valence-corrected chi connectivity index (χ1v) is 7.16. The molecule has 1 aliphatic rings. The van der Waals surface area contributed by atoms with Crippen LogP contribution in [0.4, 0.5) is 4.79 Å². The maximum atomic E-state index is 11.4. The Balaban J connectivity index is 2.36. The lowest BCUT2D eigenvalue weighted by Gasteiger charge is -2.41. The summed E-state index contributed by atoms with van der Waals surface area (Å²) in [4.78, 5) is 26.0. The zero-order chi connectivity index (χ0) is 15.6. The molecule has 0 bridgehead atoms. The average Bonchev–Trinajstić information content (AvgIpc) is 2.39. The van der Waals surface area contributed by atoms with E-state index < -0.39 is 11.9 Å². The molecule has 1 heterocycles. The first kappa shape index (κ1) is 15.9. The van der Waals surface area contributed by atoms with Crippen molar-refractivity contribution in [2.24, 2.45) is 11.5 Å². The van der Waals surface area contributed by atoms with Gasteiger partial charge in [-0.15, -0.1) is 0 Å². The molecule has 6 nitrogen and oxygen atoms in total. The number of nitrogens with two attached hydrogens (primary N) is 2. The van der Waals surface area contributed by atoms with E-state index in [4.69, 9.17) is 34.7 Å². The van der Waals surface area contributed by atoms with Crippen LogP contribution in [0, 0.1) is 0 Å². The molecule has 1 atom stereocenters. The number of urea groups is 1. The van der Waals surface area contributed by atoms with Gasteiger partial charge in [-0.05, 0) is 12.1 Å². The van der Waals surface area contributed by atoms with Crippen molar-refractivity contribution < 1.29 is 9.59 Å². The topological polar surface area (TPSA) is 92.7 Å². The second-order valence-electron chi connectivity index (χ2n) is 4.87. The molecule has 114 valence electrons. The summed E-state index contributed by atoms with van der Waals surface area (Å²) in [5.41, 5.74) is 11.3. The molecular formula is C13H16Cl2N4O2. The number of carbonyl (C=O) groups is 2. The number of hydrogen-bond acceptors (Lipinski definition) is 3. The van der Waals surface area contributed by atoms with E-state index in [1.54, 1.807) is 18.2 Å². The predicted octanol–water partition coefficient (Wildman–Crippen LogP) is 1.22. The highest BCUT2D eigenvalue weighted by Crippen LogP contribution is 2.35. The monoisotopic (exact) mass is 330 g/mol. The highest BCUT2D eigenvalue weighted by atomic mass is 35.5. The molecule has 0 aromatic heterocycles. The van der Waals surface area contributed by atoms with E-state index in [-0.39, 0.29) is 12.6 Å². The minimum atomic E-state index is -0.512. The summed E-state index contributed by atoms with van der Waals surface area (Å²) in [6, 6.07) is 4.34. The number of benzene rings is 1. The van der Waals surface area contributed by atoms with E-state index in [1.807, 2.05) is 4.90 Å². The van der Waals surface area contributed by atoms with Gasteiger partial charge in [0.05, 0.1) is 12.6 Å². The van der Waals surface area contributed by atoms with Gasteiger partial charge in [0.2, 0.25) is 5.91 Å². The Kier molecular flexibility index (Phi) is 4.92. The van der Waals surface area contributed by atoms with Crippen molar-refractivity contribution >= 4 is 35.1 Å². The first-order chi connectivity index (χ1) is 9.90. The summed E-state index contributed by atoms with van der Waals surface area (Å²) in [6.45, 7) is 1.28. The fraction of sp³-hybridized carbons (Fsp3) is 0.385. The van der Waals surface area contributed by atoms with Gasteiger partial charge < -0.3 is 16.4 Å². The molecule has 2 rings (SSSR count). The predicted molar refractivity (Wildman–Crippen MR) is 81.1 cm³/mol. The van der Waals surface area contributed by atoms with Gasteiger partial charge >= 0.3 is 6.03 Å². The summed E-state index contributed by atoms with van der Waals surface area (Å²) >= 11 is 12.5. The second-order valence-corrected chi connectivity index (χ2v) is 5.69. The molecule has 3 amide bonds. The van der Waals surface area contributed by atoms with Crippen LogP contribution in [0.1, 0.15) is 11.6 Å². The first-order valence-electron chi connectivity index (χ1n) is 6.40. The quantitative estimate of drug-likeness (QED) is 0.872. The molecule has 1 fully saturated rings. The number of hydrogen-bond donors (Lipinski definition) is 2. The van der Waals surface area contributed by atoms with E-state index in [9.17, 15) is 9.59 Å². The zero-order valence-corrected chi connectivity index (χ0v) is 12.8. The van der Waals surface area contributed by atoms with Gasteiger partial charge in [-0.25, -0.2) is 4.79 Å². The molecule has 4 N–H and O–H groups in total. The average molecular weight is 331 g/mol. The fourth-order valence-electron chi connectivity index (χ4n) is 2.51. The zero-order valence-electron chi connectivity index (χ0n) is 11.3. The molecule has 0 radical (unpaired) electrons. The molecule has 1 aromatic carbocycles. The molecule has 8 heteroatoms. The Bertz CT molecular complexity index is 547. The van der Waals surface area contributed by atoms with Crippen LogP contribution in [-0.2, 0) is 4.79 Å². The van der Waals surface area contributed by atoms with Gasteiger partial charge in [-0.2, -0.15) is 0 Å². The van der Waals surface area contributed by atoms with Crippen molar-refractivity contribution in [3.8, 4) is 0 Å². The molecule has 0 spiro atoms. The lowest BCUT2D eigenvalue weighted by Crippen LogP contribution is -2.53. The summed E-state index contributed by atoms with van der Waals surface area (Å²) in [5, 5.41) is 0.960. The van der Waals surface area contributed by atoms with Crippen molar-refractivity contribution in [3.05, 3.63) is 33.8 Å². The smallest absolute Gasteiger partial charge is 0.314 e. The van der Waals surface area contributed by atoms with Crippen LogP contribution in [0.2, 0.25) is 10.0 Å². The van der Waals surface area contributed by atoms with Crippen molar-refractivity contribution in [2.75, 3.05) is 26.2 Å². The highest BCUT2D eigenvalue weighted by Gasteiger charge is 2.32. The second kappa shape index (κ2) is 6.51. The highest BCUT2D eigenvalue weighted by molar-refractivity contribution is 6.36. The summed E-state index contributed by atoms with van der Waals surface area (Å²) < 4.78 is 0. The Labute approximate surface area is 132 Å². The summed E-state index contributed by atoms with van der Waals surface area (Å²) in [5.74, 6) is -0.448. The van der Waals surface area contributed by atoms with Gasteiger partial charge in [0.15, 0.2) is 0 Å². The van der Waals surface area contributed by atoms with Crippen molar-refractivity contribution in [1.29, 1.82) is 0 Å². The Morgan fingerprint density at radius 2 is 1.81 bits per heavy atom. The van der Waals surface area contributed by atoms with Gasteiger partial charge in [0.1, 0.15) is 0 Å². The number of piperazine rings is 1. The third kappa shape index (κ3) is 3.58. The van der Waals surface area contributed by atoms with Gasteiger partial charge in [0, 0.05) is 35.2 Å². The summed E-state index contributed by atoms with van der Waals surface area (Å²) in [7, 11) is 0. The molecule has 0 aliphatic carbocycles. The van der Waals surface area contributed by atoms with Crippen LogP contribution in [-0.4, -0.2) is 47.9 Å². The summed E-state index contributed by atoms with van der Waals surface area (Å²) in [6.07, 6.45) is 0. The minimum Gasteiger partial charge on any atom is -0.369 e. The van der Waals surface area contributed by atoms with E-state index in [1.165, 1.54) is 4.90 Å². The number of carbonyl (C=O) groups excluding carboxylic acids is 2. The van der Waals surface area contributed by atoms with Gasteiger partial charge in [0.25, 0.3) is 0 Å². The maximum absolute atomic E-state index is 11.4. The fourth-order valence-corrected chi connectivity index (χ4v) is 3.16. The molecule has 1 aliphatic heterocycles. The maximum Gasteiger partial charge on any atom is 0.314 e. The molecule has 1 saturated heterocycles. The largest absolute Gasteiger partial charge is 0.369 e. The number of halogens is 2. The lowest BCUT2D eigenvalue weighted by atomic mass is 10.0. The molecule has 1 unspecified atom stereocenters. The van der Waals surface area contributed by atoms with Gasteiger partial charge in [-0.1, -0.05) is 29.3 Å². The number of primary amides is 2. The van der Waals surface area contributed by atoms with Crippen LogP contribution >= 0.6 is 23.2 Å². The van der Waals surface area contributed by atoms with E-state index >= 15 is 0 Å². The van der Waals surface area contributed by atoms with Crippen molar-refractivity contribution in [1.82, 2.24) is 9.80 Å². The van der Waals surface area contributed by atoms with Crippen molar-refractivity contribution in [3.63, 3.8) is 0 Å². The van der Waals surface area contributed by atoms with E-state index in [2.05, 4.69) is 0 Å². The number of amides is 3. The van der Waals surface area contributed by atoms with Crippen molar-refractivity contribution in [2.45, 2.75) is 6.04 Å². The number of rotatable bonds is 3. The Morgan fingerprint density at radius 1 is 1.19 bits per heavy atom. The van der Waals surface area contributed by atoms with E-state index in [0.717, 1.165) is 0 Å². The van der Waals surface area contributed by atoms with Crippen LogP contribution in [0.3, 0.4) is 0 Å². The van der Waals surface area contributed by atoms with Crippen LogP contribution < -0.4 is 11.5 Å². The SMILES string of the molecule is NC(=O)CN1CCN(C(N)=O)CC1c1c(Cl)cccc1Cl. The van der Waals surface area contributed by atoms with Crippen LogP contribution in [0.15, 0.2) is 18.2 Å². The Hall–Kier alpha value is -1.50. The molecule has 0 saturated carbocycles. The Morgan fingerprint density at radius 3 is 2.33 bits per heavy atom.